The number of carbonyl (C=O) groups is 1. The molecule has 1 N–H and O–H groups in total. The van der Waals surface area contributed by atoms with Crippen LogP contribution >= 0.6 is 11.3 Å². The molecule has 0 aliphatic heterocycles. The van der Waals surface area contributed by atoms with Crippen molar-refractivity contribution in [1.29, 1.82) is 0 Å². The number of benzene rings is 2. The van der Waals surface area contributed by atoms with Gasteiger partial charge in [0.05, 0.1) is 0 Å². The molecular weight excluding hydrogens is 320 g/mol. The van der Waals surface area contributed by atoms with Crippen molar-refractivity contribution < 1.29 is 14.6 Å². The molecule has 0 atom stereocenters. The van der Waals surface area contributed by atoms with E-state index in [1.54, 1.807) is 11.3 Å². The van der Waals surface area contributed by atoms with E-state index in [1.165, 1.54) is 11.1 Å². The standard InChI is InChI=1S/C20H18O3S/c21-20(22)9-6-15-4-7-19(8-5-15)23-13-16-2-1-3-17(12-16)18-10-11-24-14-18/h1-5,7-8,10-12,14H,6,9,13H2,(H,21,22). The van der Waals surface area contributed by atoms with Crippen LogP contribution in [0.3, 0.4) is 0 Å². The van der Waals surface area contributed by atoms with Gasteiger partial charge in [-0.1, -0.05) is 30.3 Å². The van der Waals surface area contributed by atoms with Gasteiger partial charge in [0.2, 0.25) is 0 Å². The lowest BCUT2D eigenvalue weighted by Crippen LogP contribution is -1.98. The number of carboxylic acids is 1. The van der Waals surface area contributed by atoms with Crippen LogP contribution in [0.1, 0.15) is 17.5 Å². The van der Waals surface area contributed by atoms with Gasteiger partial charge in [0.15, 0.2) is 0 Å². The molecule has 0 amide bonds. The highest BCUT2D eigenvalue weighted by Crippen LogP contribution is 2.23. The van der Waals surface area contributed by atoms with Crippen LogP contribution in [0.4, 0.5) is 0 Å². The third kappa shape index (κ3) is 4.46. The average molecular weight is 338 g/mol. The Labute approximate surface area is 145 Å². The third-order valence-corrected chi connectivity index (χ3v) is 4.42. The minimum Gasteiger partial charge on any atom is -0.489 e. The highest BCUT2D eigenvalue weighted by molar-refractivity contribution is 7.08. The Morgan fingerprint density at radius 2 is 1.83 bits per heavy atom. The van der Waals surface area contributed by atoms with Crippen molar-refractivity contribution >= 4 is 17.3 Å². The molecule has 0 spiro atoms. The predicted octanol–water partition coefficient (Wildman–Crippen LogP) is 5.01. The van der Waals surface area contributed by atoms with Crippen LogP contribution in [0, 0.1) is 0 Å². The summed E-state index contributed by atoms with van der Waals surface area (Å²) in [6.45, 7) is 0.506. The molecule has 0 aliphatic carbocycles. The number of aryl methyl sites for hydroxylation is 1. The molecule has 0 radical (unpaired) electrons. The molecule has 122 valence electrons. The van der Waals surface area contributed by atoms with Crippen LogP contribution in [0.5, 0.6) is 5.75 Å². The van der Waals surface area contributed by atoms with Crippen molar-refractivity contribution in [2.75, 3.05) is 0 Å². The summed E-state index contributed by atoms with van der Waals surface area (Å²) in [5.41, 5.74) is 4.55. The minimum absolute atomic E-state index is 0.148. The SMILES string of the molecule is O=C(O)CCc1ccc(OCc2cccc(-c3ccsc3)c2)cc1. The number of ether oxygens (including phenoxy) is 1. The first kappa shape index (κ1) is 16.3. The van der Waals surface area contributed by atoms with E-state index in [0.29, 0.717) is 13.0 Å². The molecule has 0 saturated carbocycles. The molecule has 2 aromatic carbocycles. The number of rotatable bonds is 7. The van der Waals surface area contributed by atoms with Gasteiger partial charge >= 0.3 is 5.97 Å². The van der Waals surface area contributed by atoms with Crippen molar-refractivity contribution in [1.82, 2.24) is 0 Å². The predicted molar refractivity (Wildman–Crippen MR) is 96.5 cm³/mol. The van der Waals surface area contributed by atoms with Gasteiger partial charge in [0, 0.05) is 6.42 Å². The normalized spacial score (nSPS) is 10.5. The first-order valence-electron chi connectivity index (χ1n) is 7.76. The second kappa shape index (κ2) is 7.79. The zero-order chi connectivity index (χ0) is 16.8. The maximum atomic E-state index is 10.6. The van der Waals surface area contributed by atoms with Crippen LogP contribution in [-0.4, -0.2) is 11.1 Å². The molecule has 3 rings (SSSR count). The Hall–Kier alpha value is -2.59. The summed E-state index contributed by atoms with van der Waals surface area (Å²) >= 11 is 1.69. The Morgan fingerprint density at radius 3 is 2.54 bits per heavy atom. The zero-order valence-electron chi connectivity index (χ0n) is 13.1. The number of thiophene rings is 1. The van der Waals surface area contributed by atoms with E-state index in [1.807, 2.05) is 30.3 Å². The van der Waals surface area contributed by atoms with Gasteiger partial charge in [-0.2, -0.15) is 11.3 Å². The molecule has 0 aliphatic rings. The van der Waals surface area contributed by atoms with E-state index in [2.05, 4.69) is 35.0 Å². The molecule has 0 saturated heterocycles. The fraction of sp³-hybridized carbons (Fsp3) is 0.150. The summed E-state index contributed by atoms with van der Waals surface area (Å²) in [4.78, 5) is 10.6. The summed E-state index contributed by atoms with van der Waals surface area (Å²) in [5, 5.41) is 12.9. The monoisotopic (exact) mass is 338 g/mol. The maximum Gasteiger partial charge on any atom is 0.303 e. The molecule has 1 aromatic heterocycles. The van der Waals surface area contributed by atoms with Crippen molar-refractivity contribution in [3.63, 3.8) is 0 Å². The molecule has 3 nitrogen and oxygen atoms in total. The van der Waals surface area contributed by atoms with Crippen molar-refractivity contribution in [3.05, 3.63) is 76.5 Å². The quantitative estimate of drug-likeness (QED) is 0.658. The van der Waals surface area contributed by atoms with Gasteiger partial charge < -0.3 is 9.84 Å². The topological polar surface area (TPSA) is 46.5 Å². The number of hydrogen-bond acceptors (Lipinski definition) is 3. The first-order chi connectivity index (χ1) is 11.7. The lowest BCUT2D eigenvalue weighted by Gasteiger charge is -2.08. The Balaban J connectivity index is 1.59. The largest absolute Gasteiger partial charge is 0.489 e. The van der Waals surface area contributed by atoms with Gasteiger partial charge in [0.25, 0.3) is 0 Å². The minimum atomic E-state index is -0.777. The molecule has 3 aromatic rings. The van der Waals surface area contributed by atoms with Crippen LogP contribution in [0.25, 0.3) is 11.1 Å². The number of aliphatic carboxylic acids is 1. The highest BCUT2D eigenvalue weighted by Gasteiger charge is 2.02. The first-order valence-corrected chi connectivity index (χ1v) is 8.70. The van der Waals surface area contributed by atoms with Crippen molar-refractivity contribution in [2.45, 2.75) is 19.4 Å². The summed E-state index contributed by atoms with van der Waals surface area (Å²) < 4.78 is 5.83. The van der Waals surface area contributed by atoms with E-state index in [-0.39, 0.29) is 6.42 Å². The van der Waals surface area contributed by atoms with Crippen LogP contribution in [0.15, 0.2) is 65.4 Å². The third-order valence-electron chi connectivity index (χ3n) is 3.74. The molecule has 0 fully saturated rings. The van der Waals surface area contributed by atoms with Crippen molar-refractivity contribution in [2.24, 2.45) is 0 Å². The zero-order valence-corrected chi connectivity index (χ0v) is 14.0. The van der Waals surface area contributed by atoms with E-state index in [0.717, 1.165) is 16.9 Å². The fourth-order valence-corrected chi connectivity index (χ4v) is 3.10. The summed E-state index contributed by atoms with van der Waals surface area (Å²) in [6, 6.07) is 18.1. The molecule has 24 heavy (non-hydrogen) atoms. The second-order valence-electron chi connectivity index (χ2n) is 5.54. The van der Waals surface area contributed by atoms with Gasteiger partial charge in [0.1, 0.15) is 12.4 Å². The highest BCUT2D eigenvalue weighted by atomic mass is 32.1. The Bertz CT molecular complexity index is 792. The molecule has 1 heterocycles. The smallest absolute Gasteiger partial charge is 0.303 e. The summed E-state index contributed by atoms with van der Waals surface area (Å²) in [7, 11) is 0. The Kier molecular flexibility index (Phi) is 5.29. The van der Waals surface area contributed by atoms with Crippen LogP contribution in [-0.2, 0) is 17.8 Å². The van der Waals surface area contributed by atoms with Crippen LogP contribution < -0.4 is 4.74 Å². The van der Waals surface area contributed by atoms with Gasteiger partial charge in [-0.15, -0.1) is 0 Å². The van der Waals surface area contributed by atoms with E-state index in [9.17, 15) is 4.79 Å². The van der Waals surface area contributed by atoms with Crippen molar-refractivity contribution in [3.8, 4) is 16.9 Å². The fourth-order valence-electron chi connectivity index (χ4n) is 2.44. The van der Waals surface area contributed by atoms with E-state index >= 15 is 0 Å². The lowest BCUT2D eigenvalue weighted by molar-refractivity contribution is -0.136. The second-order valence-corrected chi connectivity index (χ2v) is 6.32. The average Bonchev–Trinajstić information content (AvgIpc) is 3.14. The molecule has 0 unspecified atom stereocenters. The number of hydrogen-bond donors (Lipinski definition) is 1. The van der Waals surface area contributed by atoms with Gasteiger partial charge in [-0.3, -0.25) is 4.79 Å². The van der Waals surface area contributed by atoms with Crippen LogP contribution in [0.2, 0.25) is 0 Å². The van der Waals surface area contributed by atoms with E-state index in [4.69, 9.17) is 9.84 Å². The molecular formula is C20H18O3S. The van der Waals surface area contributed by atoms with E-state index < -0.39 is 5.97 Å². The maximum absolute atomic E-state index is 10.6. The number of carboxylic acid groups (broad SMARTS) is 1. The lowest BCUT2D eigenvalue weighted by atomic mass is 10.1. The summed E-state index contributed by atoms with van der Waals surface area (Å²) in [6.07, 6.45) is 0.688. The molecule has 0 bridgehead atoms. The van der Waals surface area contributed by atoms with Gasteiger partial charge in [-0.25, -0.2) is 0 Å². The summed E-state index contributed by atoms with van der Waals surface area (Å²) in [5.74, 6) is 0.0100. The molecule has 4 heteroatoms. The van der Waals surface area contributed by atoms with Gasteiger partial charge in [-0.05, 0) is 63.7 Å². The Morgan fingerprint density at radius 1 is 1.00 bits per heavy atom.